The van der Waals surface area contributed by atoms with Crippen LogP contribution in [0.2, 0.25) is 0 Å². The van der Waals surface area contributed by atoms with Gasteiger partial charge in [-0.05, 0) is 68.6 Å². The Hall–Kier alpha value is -6.00. The highest BCUT2D eigenvalue weighted by Crippen LogP contribution is 2.38. The van der Waals surface area contributed by atoms with E-state index in [9.17, 15) is 0 Å². The zero-order valence-corrected chi connectivity index (χ0v) is 24.3. The van der Waals surface area contributed by atoms with Crippen molar-refractivity contribution in [3.8, 4) is 11.1 Å². The second-order valence-corrected chi connectivity index (χ2v) is 11.5. The number of hydrogen-bond acceptors (Lipinski definition) is 4. The van der Waals surface area contributed by atoms with Crippen molar-refractivity contribution in [1.29, 1.82) is 0 Å². The topological polar surface area (TPSA) is 49.9 Å². The van der Waals surface area contributed by atoms with E-state index in [0.29, 0.717) is 5.84 Å². The van der Waals surface area contributed by atoms with E-state index in [1.807, 2.05) is 36.4 Å². The third-order valence-corrected chi connectivity index (χ3v) is 8.67. The molecule has 1 aromatic heterocycles. The minimum Gasteiger partial charge on any atom is -0.456 e. The largest absolute Gasteiger partial charge is 0.456 e. The molecule has 8 aromatic rings. The average molecular weight is 578 g/mol. The van der Waals surface area contributed by atoms with Gasteiger partial charge in [-0.1, -0.05) is 121 Å². The number of nitrogens with zero attached hydrogens (tertiary/aromatic N) is 2. The summed E-state index contributed by atoms with van der Waals surface area (Å²) in [7, 11) is 0. The van der Waals surface area contributed by atoms with Gasteiger partial charge in [-0.2, -0.15) is 0 Å². The van der Waals surface area contributed by atoms with Gasteiger partial charge in [-0.3, -0.25) is 0 Å². The maximum absolute atomic E-state index is 6.65. The van der Waals surface area contributed by atoms with Gasteiger partial charge < -0.3 is 9.73 Å². The molecule has 0 amide bonds. The maximum atomic E-state index is 6.65. The Morgan fingerprint density at radius 1 is 0.511 bits per heavy atom. The molecule has 1 N–H and O–H groups in total. The number of fused-ring (bicyclic) bond motifs is 5. The van der Waals surface area contributed by atoms with Gasteiger partial charge in [0.1, 0.15) is 23.2 Å². The molecule has 7 aromatic carbocycles. The lowest BCUT2D eigenvalue weighted by atomic mass is 9.95. The van der Waals surface area contributed by atoms with E-state index >= 15 is 0 Å². The lowest BCUT2D eigenvalue weighted by Gasteiger charge is -2.24. The highest BCUT2D eigenvalue weighted by atomic mass is 16.3. The molecule has 0 spiro atoms. The number of benzene rings is 7. The molecular weight excluding hydrogens is 550 g/mol. The number of rotatable bonds is 4. The fourth-order valence-corrected chi connectivity index (χ4v) is 6.42. The fourth-order valence-electron chi connectivity index (χ4n) is 6.42. The Labute approximate surface area is 260 Å². The number of aliphatic imine (C=N–C) groups is 2. The lowest BCUT2D eigenvalue weighted by molar-refractivity contribution is 0.668. The van der Waals surface area contributed by atoms with Crippen LogP contribution in [0.15, 0.2) is 166 Å². The van der Waals surface area contributed by atoms with Crippen molar-refractivity contribution in [2.45, 2.75) is 6.17 Å². The minimum atomic E-state index is -0.299. The monoisotopic (exact) mass is 577 g/mol. The van der Waals surface area contributed by atoms with Gasteiger partial charge in [-0.15, -0.1) is 0 Å². The molecular formula is C41H27N3O. The molecule has 2 heterocycles. The van der Waals surface area contributed by atoms with Crippen LogP contribution in [0.3, 0.4) is 0 Å². The summed E-state index contributed by atoms with van der Waals surface area (Å²) >= 11 is 0. The van der Waals surface area contributed by atoms with Crippen LogP contribution in [0.5, 0.6) is 0 Å². The van der Waals surface area contributed by atoms with Gasteiger partial charge in [0.15, 0.2) is 5.84 Å². The second kappa shape index (κ2) is 10.3. The normalized spacial score (nSPS) is 14.9. The Morgan fingerprint density at radius 3 is 1.96 bits per heavy atom. The summed E-state index contributed by atoms with van der Waals surface area (Å²) in [4.78, 5) is 10.3. The zero-order chi connectivity index (χ0) is 29.7. The molecule has 1 aliphatic rings. The Balaban J connectivity index is 1.32. The predicted molar refractivity (Wildman–Crippen MR) is 186 cm³/mol. The second-order valence-electron chi connectivity index (χ2n) is 11.5. The SMILES string of the molecule is c1ccc(C2=NC(c3ccccc3)NC(c3cc(-c4ccc5ccccc5c4)cc4oc5cc6ccccc6cc5c34)=N2)cc1. The first-order chi connectivity index (χ1) is 22.3. The molecule has 9 rings (SSSR count). The highest BCUT2D eigenvalue weighted by molar-refractivity contribution is 6.23. The summed E-state index contributed by atoms with van der Waals surface area (Å²) in [6, 6.07) is 52.8. The van der Waals surface area contributed by atoms with Crippen molar-refractivity contribution < 1.29 is 4.42 Å². The molecule has 0 saturated carbocycles. The molecule has 1 unspecified atom stereocenters. The molecule has 1 atom stereocenters. The van der Waals surface area contributed by atoms with Crippen LogP contribution in [0.25, 0.3) is 54.6 Å². The molecule has 0 bridgehead atoms. The molecule has 0 fully saturated rings. The van der Waals surface area contributed by atoms with Crippen molar-refractivity contribution in [1.82, 2.24) is 5.32 Å². The van der Waals surface area contributed by atoms with E-state index < -0.39 is 0 Å². The maximum Gasteiger partial charge on any atom is 0.159 e. The molecule has 0 aliphatic carbocycles. The van der Waals surface area contributed by atoms with E-state index in [1.54, 1.807) is 0 Å². The molecule has 4 nitrogen and oxygen atoms in total. The molecule has 45 heavy (non-hydrogen) atoms. The van der Waals surface area contributed by atoms with Gasteiger partial charge in [-0.25, -0.2) is 9.98 Å². The number of amidine groups is 2. The smallest absolute Gasteiger partial charge is 0.159 e. The van der Waals surface area contributed by atoms with Gasteiger partial charge in [0, 0.05) is 21.9 Å². The van der Waals surface area contributed by atoms with Crippen LogP contribution in [0, 0.1) is 0 Å². The van der Waals surface area contributed by atoms with Crippen molar-refractivity contribution in [3.05, 3.63) is 168 Å². The number of nitrogens with one attached hydrogen (secondary N) is 1. The lowest BCUT2D eigenvalue weighted by Crippen LogP contribution is -2.33. The Kier molecular flexibility index (Phi) is 5.85. The van der Waals surface area contributed by atoms with Crippen molar-refractivity contribution in [3.63, 3.8) is 0 Å². The predicted octanol–water partition coefficient (Wildman–Crippen LogP) is 10.1. The number of hydrogen-bond donors (Lipinski definition) is 1. The van der Waals surface area contributed by atoms with Crippen molar-refractivity contribution in [2.24, 2.45) is 9.98 Å². The van der Waals surface area contributed by atoms with E-state index in [1.165, 1.54) is 16.2 Å². The van der Waals surface area contributed by atoms with Gasteiger partial charge in [0.25, 0.3) is 0 Å². The van der Waals surface area contributed by atoms with Crippen LogP contribution in [0.4, 0.5) is 0 Å². The van der Waals surface area contributed by atoms with Crippen molar-refractivity contribution in [2.75, 3.05) is 0 Å². The summed E-state index contributed by atoms with van der Waals surface area (Å²) < 4.78 is 6.65. The summed E-state index contributed by atoms with van der Waals surface area (Å²) in [6.45, 7) is 0. The van der Waals surface area contributed by atoms with Crippen LogP contribution in [0.1, 0.15) is 22.9 Å². The minimum absolute atomic E-state index is 0.299. The summed E-state index contributed by atoms with van der Waals surface area (Å²) in [6.07, 6.45) is -0.299. The van der Waals surface area contributed by atoms with Crippen LogP contribution >= 0.6 is 0 Å². The van der Waals surface area contributed by atoms with E-state index in [0.717, 1.165) is 61.0 Å². The first-order valence-corrected chi connectivity index (χ1v) is 15.2. The molecule has 1 aliphatic heterocycles. The fraction of sp³-hybridized carbons (Fsp3) is 0.0244. The molecule has 0 saturated heterocycles. The number of furan rings is 1. The van der Waals surface area contributed by atoms with Crippen LogP contribution in [-0.4, -0.2) is 11.7 Å². The van der Waals surface area contributed by atoms with Crippen molar-refractivity contribution >= 4 is 55.2 Å². The Bertz CT molecular complexity index is 2460. The molecule has 0 radical (unpaired) electrons. The summed E-state index contributed by atoms with van der Waals surface area (Å²) in [5, 5.41) is 10.5. The van der Waals surface area contributed by atoms with Crippen LogP contribution in [-0.2, 0) is 0 Å². The Morgan fingerprint density at radius 2 is 1.18 bits per heavy atom. The van der Waals surface area contributed by atoms with E-state index in [4.69, 9.17) is 14.4 Å². The van der Waals surface area contributed by atoms with E-state index in [-0.39, 0.29) is 6.17 Å². The first kappa shape index (κ1) is 25.5. The summed E-state index contributed by atoms with van der Waals surface area (Å²) in [5.41, 5.74) is 6.89. The summed E-state index contributed by atoms with van der Waals surface area (Å²) in [5.74, 6) is 1.46. The molecule has 4 heteroatoms. The third-order valence-electron chi connectivity index (χ3n) is 8.67. The first-order valence-electron chi connectivity index (χ1n) is 15.2. The third kappa shape index (κ3) is 4.47. The van der Waals surface area contributed by atoms with Crippen LogP contribution < -0.4 is 5.32 Å². The van der Waals surface area contributed by atoms with Gasteiger partial charge in [0.2, 0.25) is 0 Å². The standard InChI is InChI=1S/C41H27N3O/c1-3-12-27(13-4-1)39-42-40(28-14-5-2-6-15-28)44-41(43-39)35-23-33(32-20-19-26-11-7-8-16-29(26)21-32)25-37-38(35)34-22-30-17-9-10-18-31(30)24-36(34)45-37/h1-25,39H,(H,42,43,44). The zero-order valence-electron chi connectivity index (χ0n) is 24.3. The molecule has 212 valence electrons. The average Bonchev–Trinajstić information content (AvgIpc) is 3.47. The quantitative estimate of drug-likeness (QED) is 0.226. The van der Waals surface area contributed by atoms with E-state index in [2.05, 4.69) is 121 Å². The highest BCUT2D eigenvalue weighted by Gasteiger charge is 2.25. The van der Waals surface area contributed by atoms with Gasteiger partial charge >= 0.3 is 0 Å². The van der Waals surface area contributed by atoms with Gasteiger partial charge in [0.05, 0.1) is 0 Å².